The summed E-state index contributed by atoms with van der Waals surface area (Å²) in [5, 5.41) is 2.19. The van der Waals surface area contributed by atoms with Crippen LogP contribution in [0.15, 0.2) is 15.2 Å². The number of halogens is 1. The maximum atomic E-state index is 5.68. The van der Waals surface area contributed by atoms with Gasteiger partial charge in [0, 0.05) is 12.6 Å². The van der Waals surface area contributed by atoms with Crippen LogP contribution in [0.2, 0.25) is 0 Å². The van der Waals surface area contributed by atoms with E-state index in [4.69, 9.17) is 5.73 Å². The Labute approximate surface area is 105 Å². The van der Waals surface area contributed by atoms with Crippen molar-refractivity contribution in [1.82, 2.24) is 4.90 Å². The fourth-order valence-electron chi connectivity index (χ4n) is 1.49. The van der Waals surface area contributed by atoms with E-state index in [1.165, 1.54) is 9.35 Å². The van der Waals surface area contributed by atoms with Gasteiger partial charge in [-0.25, -0.2) is 0 Å². The summed E-state index contributed by atoms with van der Waals surface area (Å²) in [7, 11) is 2.16. The first-order chi connectivity index (χ1) is 7.04. The van der Waals surface area contributed by atoms with E-state index in [2.05, 4.69) is 53.2 Å². The zero-order chi connectivity index (χ0) is 11.4. The van der Waals surface area contributed by atoms with Gasteiger partial charge in [0.1, 0.15) is 0 Å². The number of hydrogen-bond donors (Lipinski definition) is 1. The molecule has 1 heterocycles. The van der Waals surface area contributed by atoms with E-state index in [-0.39, 0.29) is 0 Å². The molecule has 2 N–H and O–H groups in total. The van der Waals surface area contributed by atoms with Gasteiger partial charge in [-0.1, -0.05) is 6.92 Å². The number of thiophene rings is 1. The molecule has 1 aromatic heterocycles. The second-order valence-corrected chi connectivity index (χ2v) is 6.42. The summed E-state index contributed by atoms with van der Waals surface area (Å²) in [6.45, 7) is 6.18. The van der Waals surface area contributed by atoms with Crippen LogP contribution < -0.4 is 5.73 Å². The average molecular weight is 291 g/mol. The van der Waals surface area contributed by atoms with Gasteiger partial charge in [-0.15, -0.1) is 11.3 Å². The first-order valence-electron chi connectivity index (χ1n) is 5.17. The minimum atomic E-state index is 0.522. The Morgan fingerprint density at radius 3 is 2.67 bits per heavy atom. The van der Waals surface area contributed by atoms with Crippen molar-refractivity contribution in [2.75, 3.05) is 13.6 Å². The quantitative estimate of drug-likeness (QED) is 0.904. The molecule has 1 rings (SSSR count). The van der Waals surface area contributed by atoms with Crippen molar-refractivity contribution < 1.29 is 0 Å². The lowest BCUT2D eigenvalue weighted by Crippen LogP contribution is -2.37. The molecule has 0 amide bonds. The molecule has 0 aliphatic rings. The second kappa shape index (κ2) is 5.99. The maximum absolute atomic E-state index is 5.68. The van der Waals surface area contributed by atoms with Gasteiger partial charge in [0.2, 0.25) is 0 Å². The average Bonchev–Trinajstić information content (AvgIpc) is 2.61. The fraction of sp³-hybridized carbons (Fsp3) is 0.636. The van der Waals surface area contributed by atoms with E-state index in [0.717, 1.165) is 13.1 Å². The minimum Gasteiger partial charge on any atom is -0.330 e. The van der Waals surface area contributed by atoms with Crippen molar-refractivity contribution in [3.8, 4) is 0 Å². The summed E-state index contributed by atoms with van der Waals surface area (Å²) in [5.41, 5.74) is 7.04. The third kappa shape index (κ3) is 3.87. The Kier molecular flexibility index (Phi) is 5.26. The van der Waals surface area contributed by atoms with E-state index in [0.29, 0.717) is 12.0 Å². The van der Waals surface area contributed by atoms with Crippen molar-refractivity contribution in [2.45, 2.75) is 26.4 Å². The molecular formula is C11H19BrN2S. The lowest BCUT2D eigenvalue weighted by molar-refractivity contribution is 0.195. The van der Waals surface area contributed by atoms with Crippen molar-refractivity contribution in [1.29, 1.82) is 0 Å². The summed E-state index contributed by atoms with van der Waals surface area (Å²) in [4.78, 5) is 2.35. The third-order valence-corrected chi connectivity index (χ3v) is 4.50. The molecular weight excluding hydrogens is 272 g/mol. The highest BCUT2D eigenvalue weighted by Crippen LogP contribution is 2.22. The highest BCUT2D eigenvalue weighted by molar-refractivity contribution is 9.11. The molecule has 4 heteroatoms. The van der Waals surface area contributed by atoms with Gasteiger partial charge < -0.3 is 5.73 Å². The van der Waals surface area contributed by atoms with Gasteiger partial charge in [-0.3, -0.25) is 4.90 Å². The van der Waals surface area contributed by atoms with Crippen LogP contribution in [0, 0.1) is 5.92 Å². The first kappa shape index (κ1) is 13.2. The monoisotopic (exact) mass is 290 g/mol. The van der Waals surface area contributed by atoms with Crippen LogP contribution >= 0.6 is 27.3 Å². The lowest BCUT2D eigenvalue weighted by Gasteiger charge is -2.28. The summed E-state index contributed by atoms with van der Waals surface area (Å²) in [6, 6.07) is 2.70. The predicted octanol–water partition coefficient (Wildman–Crippen LogP) is 2.93. The van der Waals surface area contributed by atoms with Crippen LogP contribution in [0.5, 0.6) is 0 Å². The Morgan fingerprint density at radius 2 is 2.20 bits per heavy atom. The van der Waals surface area contributed by atoms with E-state index in [9.17, 15) is 0 Å². The third-order valence-electron chi connectivity index (χ3n) is 2.94. The normalized spacial score (nSPS) is 15.6. The van der Waals surface area contributed by atoms with Crippen molar-refractivity contribution in [3.05, 3.63) is 20.8 Å². The molecule has 15 heavy (non-hydrogen) atoms. The fourth-order valence-corrected chi connectivity index (χ4v) is 2.69. The number of hydrogen-bond acceptors (Lipinski definition) is 3. The molecule has 0 fully saturated rings. The van der Waals surface area contributed by atoms with Crippen LogP contribution in [-0.2, 0) is 6.54 Å². The molecule has 86 valence electrons. The molecule has 0 bridgehead atoms. The summed E-state index contributed by atoms with van der Waals surface area (Å²) in [6.07, 6.45) is 0. The van der Waals surface area contributed by atoms with Crippen LogP contribution in [0.3, 0.4) is 0 Å². The smallest absolute Gasteiger partial charge is 0.0701 e. The van der Waals surface area contributed by atoms with Crippen molar-refractivity contribution in [2.24, 2.45) is 11.7 Å². The van der Waals surface area contributed by atoms with E-state index >= 15 is 0 Å². The number of nitrogens with two attached hydrogens (primary N) is 1. The maximum Gasteiger partial charge on any atom is 0.0701 e. The topological polar surface area (TPSA) is 29.3 Å². The summed E-state index contributed by atoms with van der Waals surface area (Å²) < 4.78 is 1.20. The molecule has 0 aromatic carbocycles. The first-order valence-corrected chi connectivity index (χ1v) is 6.85. The summed E-state index contributed by atoms with van der Waals surface area (Å²) in [5.74, 6) is 0.539. The molecule has 0 spiro atoms. The second-order valence-electron chi connectivity index (χ2n) is 4.13. The molecule has 0 radical (unpaired) electrons. The minimum absolute atomic E-state index is 0.522. The van der Waals surface area contributed by atoms with Crippen LogP contribution in [-0.4, -0.2) is 24.5 Å². The lowest BCUT2D eigenvalue weighted by atomic mass is 10.0. The van der Waals surface area contributed by atoms with Gasteiger partial charge in [0.25, 0.3) is 0 Å². The largest absolute Gasteiger partial charge is 0.330 e. The molecule has 0 saturated carbocycles. The Hall–Kier alpha value is 0.100. The summed E-state index contributed by atoms with van der Waals surface area (Å²) >= 11 is 5.22. The molecule has 2 unspecified atom stereocenters. The van der Waals surface area contributed by atoms with Gasteiger partial charge >= 0.3 is 0 Å². The number of rotatable bonds is 5. The van der Waals surface area contributed by atoms with Gasteiger partial charge in [0.05, 0.1) is 3.79 Å². The highest BCUT2D eigenvalue weighted by Gasteiger charge is 2.15. The van der Waals surface area contributed by atoms with Crippen LogP contribution in [0.4, 0.5) is 0 Å². The highest BCUT2D eigenvalue weighted by atomic mass is 79.9. The molecule has 0 saturated heterocycles. The molecule has 0 aliphatic carbocycles. The zero-order valence-corrected chi connectivity index (χ0v) is 11.9. The number of nitrogens with zero attached hydrogens (tertiary/aromatic N) is 1. The molecule has 2 nitrogen and oxygen atoms in total. The van der Waals surface area contributed by atoms with Crippen molar-refractivity contribution >= 4 is 27.3 Å². The van der Waals surface area contributed by atoms with Gasteiger partial charge in [-0.05, 0) is 59.4 Å². The SMILES string of the molecule is CC(CN)C(C)N(C)Cc1csc(Br)c1. The van der Waals surface area contributed by atoms with Gasteiger partial charge in [0.15, 0.2) is 0 Å². The molecule has 2 atom stereocenters. The predicted molar refractivity (Wildman–Crippen MR) is 71.2 cm³/mol. The Morgan fingerprint density at radius 1 is 1.53 bits per heavy atom. The van der Waals surface area contributed by atoms with Crippen molar-refractivity contribution in [3.63, 3.8) is 0 Å². The molecule has 0 aliphatic heterocycles. The van der Waals surface area contributed by atoms with E-state index in [1.807, 2.05) is 0 Å². The standard InChI is InChI=1S/C11H19BrN2S/c1-8(5-13)9(2)14(3)6-10-4-11(12)15-7-10/h4,7-9H,5-6,13H2,1-3H3. The van der Waals surface area contributed by atoms with E-state index < -0.39 is 0 Å². The van der Waals surface area contributed by atoms with Gasteiger partial charge in [-0.2, -0.15) is 0 Å². The van der Waals surface area contributed by atoms with Crippen LogP contribution in [0.25, 0.3) is 0 Å². The van der Waals surface area contributed by atoms with E-state index in [1.54, 1.807) is 11.3 Å². The van der Waals surface area contributed by atoms with Crippen LogP contribution in [0.1, 0.15) is 19.4 Å². The Balaban J connectivity index is 2.51. The zero-order valence-electron chi connectivity index (χ0n) is 9.53. The Bertz CT molecular complexity index is 301. The molecule has 1 aromatic rings.